The van der Waals surface area contributed by atoms with Crippen molar-refractivity contribution in [3.63, 3.8) is 0 Å². The van der Waals surface area contributed by atoms with Crippen LogP contribution < -0.4 is 0 Å². The maximum absolute atomic E-state index is 11.6. The van der Waals surface area contributed by atoms with Crippen molar-refractivity contribution in [2.75, 3.05) is 13.2 Å². The zero-order valence-corrected chi connectivity index (χ0v) is 16.6. The monoisotopic (exact) mass is 372 g/mol. The molecule has 5 heteroatoms. The second-order valence-electron chi connectivity index (χ2n) is 7.14. The van der Waals surface area contributed by atoms with Crippen molar-refractivity contribution in [3.8, 4) is 0 Å². The summed E-state index contributed by atoms with van der Waals surface area (Å²) < 4.78 is 5.26. The summed E-state index contributed by atoms with van der Waals surface area (Å²) >= 11 is 0. The van der Waals surface area contributed by atoms with Crippen LogP contribution in [0.15, 0.2) is 0 Å². The lowest BCUT2D eigenvalue weighted by Gasteiger charge is -2.05. The molecule has 5 nitrogen and oxygen atoms in total. The predicted molar refractivity (Wildman–Crippen MR) is 104 cm³/mol. The normalized spacial score (nSPS) is 10.8. The second kappa shape index (κ2) is 20.2. The Balaban J connectivity index is 3.16. The molecule has 2 N–H and O–H groups in total. The molecule has 0 unspecified atom stereocenters. The average molecular weight is 373 g/mol. The van der Waals surface area contributed by atoms with Crippen molar-refractivity contribution in [2.24, 2.45) is 0 Å². The topological polar surface area (TPSA) is 83.8 Å². The number of carbonyl (C=O) groups excluding carboxylic acids is 1. The number of ether oxygens (including phenoxy) is 1. The van der Waals surface area contributed by atoms with E-state index >= 15 is 0 Å². The van der Waals surface area contributed by atoms with Gasteiger partial charge in [-0.2, -0.15) is 0 Å². The summed E-state index contributed by atoms with van der Waals surface area (Å²) in [4.78, 5) is 22.0. The minimum Gasteiger partial charge on any atom is -0.481 e. The van der Waals surface area contributed by atoms with Crippen molar-refractivity contribution >= 4 is 11.9 Å². The Morgan fingerprint density at radius 2 is 1.00 bits per heavy atom. The van der Waals surface area contributed by atoms with Crippen LogP contribution in [0.5, 0.6) is 0 Å². The quantitative estimate of drug-likeness (QED) is 0.225. The maximum atomic E-state index is 11.6. The van der Waals surface area contributed by atoms with Gasteiger partial charge in [0.15, 0.2) is 0 Å². The van der Waals surface area contributed by atoms with Crippen molar-refractivity contribution in [2.45, 2.75) is 109 Å². The molecule has 0 aliphatic rings. The van der Waals surface area contributed by atoms with E-state index in [-0.39, 0.29) is 12.4 Å². The highest BCUT2D eigenvalue weighted by molar-refractivity contribution is 5.69. The molecule has 0 aliphatic heterocycles. The average Bonchev–Trinajstić information content (AvgIpc) is 2.61. The van der Waals surface area contributed by atoms with Crippen LogP contribution in [-0.2, 0) is 14.3 Å². The van der Waals surface area contributed by atoms with Crippen LogP contribution in [0, 0.1) is 0 Å². The Bertz CT molecular complexity index is 330. The Morgan fingerprint density at radius 1 is 0.577 bits per heavy atom. The molecule has 0 rings (SSSR count). The third kappa shape index (κ3) is 20.9. The first-order valence-electron chi connectivity index (χ1n) is 10.6. The molecule has 0 saturated carbocycles. The molecule has 154 valence electrons. The summed E-state index contributed by atoms with van der Waals surface area (Å²) in [7, 11) is 0. The molecule has 0 heterocycles. The van der Waals surface area contributed by atoms with E-state index in [9.17, 15) is 9.59 Å². The fraction of sp³-hybridized carbons (Fsp3) is 0.905. The van der Waals surface area contributed by atoms with Crippen LogP contribution in [0.1, 0.15) is 109 Å². The van der Waals surface area contributed by atoms with Gasteiger partial charge in [-0.15, -0.1) is 0 Å². The fourth-order valence-electron chi connectivity index (χ4n) is 2.96. The Hall–Kier alpha value is -1.10. The Morgan fingerprint density at radius 3 is 1.50 bits per heavy atom. The van der Waals surface area contributed by atoms with Gasteiger partial charge in [0.1, 0.15) is 0 Å². The van der Waals surface area contributed by atoms with Crippen LogP contribution >= 0.6 is 0 Å². The molecule has 0 amide bonds. The summed E-state index contributed by atoms with van der Waals surface area (Å²) in [5.41, 5.74) is 0. The molecule has 0 aromatic carbocycles. The third-order valence-electron chi connectivity index (χ3n) is 4.59. The highest BCUT2D eigenvalue weighted by Crippen LogP contribution is 2.11. The minimum absolute atomic E-state index is 0.0679. The zero-order chi connectivity index (χ0) is 19.3. The molecule has 0 aromatic rings. The number of carboxylic acids is 1. The molecule has 0 saturated heterocycles. The number of aliphatic carboxylic acids is 1. The summed E-state index contributed by atoms with van der Waals surface area (Å²) in [6, 6.07) is 0. The molecule has 0 radical (unpaired) electrons. The van der Waals surface area contributed by atoms with Gasteiger partial charge < -0.3 is 14.9 Å². The Labute approximate surface area is 159 Å². The van der Waals surface area contributed by atoms with Crippen molar-refractivity contribution in [1.82, 2.24) is 0 Å². The van der Waals surface area contributed by atoms with Crippen LogP contribution in [0.3, 0.4) is 0 Å². The number of aliphatic hydroxyl groups is 1. The summed E-state index contributed by atoms with van der Waals surface area (Å²) in [5.74, 6) is -0.771. The number of carbonyl (C=O) groups is 2. The molecular formula is C21H40O5. The highest BCUT2D eigenvalue weighted by atomic mass is 16.5. The standard InChI is InChI=1S/C21H40O5/c22-18-14-10-6-3-7-11-15-19-26-21(25)17-13-9-5-2-1-4-8-12-16-20(23)24/h22H,1-19H2,(H,23,24). The van der Waals surface area contributed by atoms with Crippen molar-refractivity contribution in [1.29, 1.82) is 0 Å². The SMILES string of the molecule is O=C(O)CCCCCCCCCCC(=O)OCCCCCCCCCO. The smallest absolute Gasteiger partial charge is 0.305 e. The summed E-state index contributed by atoms with van der Waals surface area (Å²) in [6.07, 6.45) is 16.8. The highest BCUT2D eigenvalue weighted by Gasteiger charge is 2.02. The summed E-state index contributed by atoms with van der Waals surface area (Å²) in [5, 5.41) is 17.2. The molecule has 0 bridgehead atoms. The summed E-state index contributed by atoms with van der Waals surface area (Å²) in [6.45, 7) is 0.844. The van der Waals surface area contributed by atoms with Gasteiger partial charge in [0.25, 0.3) is 0 Å². The lowest BCUT2D eigenvalue weighted by Crippen LogP contribution is -2.05. The number of hydrogen-bond donors (Lipinski definition) is 2. The predicted octanol–water partition coefficient (Wildman–Crippen LogP) is 5.24. The van der Waals surface area contributed by atoms with Gasteiger partial charge in [0, 0.05) is 19.4 Å². The van der Waals surface area contributed by atoms with Gasteiger partial charge in [0.2, 0.25) is 0 Å². The van der Waals surface area contributed by atoms with Crippen LogP contribution in [0.4, 0.5) is 0 Å². The first-order chi connectivity index (χ1) is 12.7. The largest absolute Gasteiger partial charge is 0.481 e. The molecule has 0 spiro atoms. The van der Waals surface area contributed by atoms with Gasteiger partial charge in [-0.3, -0.25) is 9.59 Å². The van der Waals surface area contributed by atoms with E-state index in [1.165, 1.54) is 25.7 Å². The molecular weight excluding hydrogens is 332 g/mol. The van der Waals surface area contributed by atoms with E-state index < -0.39 is 5.97 Å². The van der Waals surface area contributed by atoms with E-state index in [0.29, 0.717) is 19.6 Å². The number of rotatable bonds is 20. The molecule has 26 heavy (non-hydrogen) atoms. The van der Waals surface area contributed by atoms with E-state index in [2.05, 4.69) is 0 Å². The van der Waals surface area contributed by atoms with Crippen LogP contribution in [0.2, 0.25) is 0 Å². The van der Waals surface area contributed by atoms with E-state index in [0.717, 1.165) is 70.6 Å². The second-order valence-corrected chi connectivity index (χ2v) is 7.14. The number of esters is 1. The molecule has 0 atom stereocenters. The minimum atomic E-state index is -0.703. The lowest BCUT2D eigenvalue weighted by atomic mass is 10.1. The van der Waals surface area contributed by atoms with Gasteiger partial charge in [-0.05, 0) is 25.7 Å². The molecule has 0 aliphatic carbocycles. The van der Waals surface area contributed by atoms with Gasteiger partial charge in [-0.25, -0.2) is 0 Å². The van der Waals surface area contributed by atoms with E-state index in [4.69, 9.17) is 14.9 Å². The number of carboxylic acid groups (broad SMARTS) is 1. The van der Waals surface area contributed by atoms with Crippen LogP contribution in [-0.4, -0.2) is 35.4 Å². The first kappa shape index (κ1) is 24.9. The number of unbranched alkanes of at least 4 members (excludes halogenated alkanes) is 13. The van der Waals surface area contributed by atoms with Gasteiger partial charge >= 0.3 is 11.9 Å². The lowest BCUT2D eigenvalue weighted by molar-refractivity contribution is -0.144. The molecule has 0 aromatic heterocycles. The number of aliphatic hydroxyl groups excluding tert-OH is 1. The van der Waals surface area contributed by atoms with Crippen molar-refractivity contribution < 1.29 is 24.5 Å². The first-order valence-corrected chi connectivity index (χ1v) is 10.6. The number of hydrogen-bond acceptors (Lipinski definition) is 4. The van der Waals surface area contributed by atoms with Gasteiger partial charge in [-0.1, -0.05) is 70.6 Å². The zero-order valence-electron chi connectivity index (χ0n) is 16.6. The van der Waals surface area contributed by atoms with Crippen LogP contribution in [0.25, 0.3) is 0 Å². The maximum Gasteiger partial charge on any atom is 0.305 e. The molecule has 0 fully saturated rings. The van der Waals surface area contributed by atoms with Crippen molar-refractivity contribution in [3.05, 3.63) is 0 Å². The fourth-order valence-corrected chi connectivity index (χ4v) is 2.96. The van der Waals surface area contributed by atoms with E-state index in [1.807, 2.05) is 0 Å². The third-order valence-corrected chi connectivity index (χ3v) is 4.59. The van der Waals surface area contributed by atoms with Gasteiger partial charge in [0.05, 0.1) is 6.61 Å². The van der Waals surface area contributed by atoms with E-state index in [1.54, 1.807) is 0 Å². The Kier molecular flexibility index (Phi) is 19.4.